The highest BCUT2D eigenvalue weighted by molar-refractivity contribution is 7.21. The maximum absolute atomic E-state index is 12.3. The molecule has 0 bridgehead atoms. The first kappa shape index (κ1) is 20.6. The Bertz CT molecular complexity index is 890. The summed E-state index contributed by atoms with van der Waals surface area (Å²) in [7, 11) is 0. The summed E-state index contributed by atoms with van der Waals surface area (Å²) in [6.07, 6.45) is -0.123. The number of hydrogen-bond donors (Lipinski definition) is 1. The quantitative estimate of drug-likeness (QED) is 0.745. The van der Waals surface area contributed by atoms with Gasteiger partial charge in [0.25, 0.3) is 11.8 Å². The van der Waals surface area contributed by atoms with Gasteiger partial charge in [0.05, 0.1) is 17.2 Å². The van der Waals surface area contributed by atoms with Crippen LogP contribution in [-0.4, -0.2) is 61.1 Å². The smallest absolute Gasteiger partial charge is 0.325 e. The van der Waals surface area contributed by atoms with Crippen LogP contribution in [0.15, 0.2) is 24.3 Å². The van der Waals surface area contributed by atoms with Gasteiger partial charge in [-0.15, -0.1) is 11.3 Å². The molecule has 1 fully saturated rings. The van der Waals surface area contributed by atoms with Crippen molar-refractivity contribution in [2.75, 3.05) is 26.2 Å². The molecule has 2 aromatic rings. The van der Waals surface area contributed by atoms with E-state index in [1.54, 1.807) is 4.90 Å². The van der Waals surface area contributed by atoms with Gasteiger partial charge in [-0.3, -0.25) is 14.4 Å². The van der Waals surface area contributed by atoms with Crippen molar-refractivity contribution in [2.45, 2.75) is 26.1 Å². The third kappa shape index (κ3) is 4.81. The van der Waals surface area contributed by atoms with Gasteiger partial charge in [0.2, 0.25) is 0 Å². The Balaban J connectivity index is 1.48. The Hall–Kier alpha value is -2.16. The number of halogens is 1. The third-order valence-electron chi connectivity index (χ3n) is 4.26. The second-order valence-electron chi connectivity index (χ2n) is 6.64. The minimum Gasteiger partial charge on any atom is -0.454 e. The van der Waals surface area contributed by atoms with Gasteiger partial charge in [-0.2, -0.15) is 0 Å². The lowest BCUT2D eigenvalue weighted by molar-refractivity contribution is -0.156. The van der Waals surface area contributed by atoms with Crippen molar-refractivity contribution in [3.8, 4) is 0 Å². The van der Waals surface area contributed by atoms with Crippen molar-refractivity contribution in [1.29, 1.82) is 0 Å². The normalized spacial score (nSPS) is 19.5. The molecule has 2 atom stereocenters. The number of amides is 2. The molecule has 1 aliphatic heterocycles. The molecule has 0 saturated carbocycles. The molecule has 2 heterocycles. The summed E-state index contributed by atoms with van der Waals surface area (Å²) in [6, 6.07) is 7.40. The number of rotatable bonds is 5. The highest BCUT2D eigenvalue weighted by Gasteiger charge is 2.26. The molecule has 2 unspecified atom stereocenters. The Kier molecular flexibility index (Phi) is 6.53. The fourth-order valence-corrected chi connectivity index (χ4v) is 4.49. The number of benzene rings is 1. The van der Waals surface area contributed by atoms with E-state index < -0.39 is 11.9 Å². The van der Waals surface area contributed by atoms with Crippen LogP contribution in [0.4, 0.5) is 0 Å². The Morgan fingerprint density at radius 1 is 1.25 bits per heavy atom. The maximum atomic E-state index is 12.3. The lowest BCUT2D eigenvalue weighted by Crippen LogP contribution is -2.49. The van der Waals surface area contributed by atoms with E-state index in [4.69, 9.17) is 21.1 Å². The van der Waals surface area contributed by atoms with Crippen LogP contribution in [-0.2, 0) is 19.1 Å². The molecule has 2 amide bonds. The molecule has 0 aliphatic carbocycles. The minimum atomic E-state index is -0.687. The first-order valence-electron chi connectivity index (χ1n) is 8.89. The van der Waals surface area contributed by atoms with E-state index in [-0.39, 0.29) is 31.3 Å². The summed E-state index contributed by atoms with van der Waals surface area (Å²) in [5.41, 5.74) is 0. The fraction of sp³-hybridized carbons (Fsp3) is 0.421. The van der Waals surface area contributed by atoms with E-state index in [1.165, 1.54) is 11.3 Å². The van der Waals surface area contributed by atoms with Crippen LogP contribution in [0.2, 0.25) is 5.02 Å². The number of hydrogen-bond acceptors (Lipinski definition) is 6. The summed E-state index contributed by atoms with van der Waals surface area (Å²) in [4.78, 5) is 38.3. The Morgan fingerprint density at radius 3 is 2.61 bits per heavy atom. The largest absolute Gasteiger partial charge is 0.454 e. The summed E-state index contributed by atoms with van der Waals surface area (Å²) in [5, 5.41) is 3.64. The average Bonchev–Trinajstić information content (AvgIpc) is 3.00. The topological polar surface area (TPSA) is 84.9 Å². The highest BCUT2D eigenvalue weighted by atomic mass is 35.5. The number of carbonyl (C=O) groups excluding carboxylic acids is 3. The molecule has 1 N–H and O–H groups in total. The van der Waals surface area contributed by atoms with Crippen molar-refractivity contribution in [3.63, 3.8) is 0 Å². The van der Waals surface area contributed by atoms with Gasteiger partial charge < -0.3 is 19.7 Å². The van der Waals surface area contributed by atoms with Crippen LogP contribution >= 0.6 is 22.9 Å². The van der Waals surface area contributed by atoms with Crippen molar-refractivity contribution in [1.82, 2.24) is 10.2 Å². The molecule has 1 aliphatic rings. The maximum Gasteiger partial charge on any atom is 0.325 e. The van der Waals surface area contributed by atoms with Gasteiger partial charge in [-0.05, 0) is 19.9 Å². The molecule has 0 spiro atoms. The third-order valence-corrected chi connectivity index (χ3v) is 5.94. The number of fused-ring (bicyclic) bond motifs is 1. The lowest BCUT2D eigenvalue weighted by Gasteiger charge is -2.35. The van der Waals surface area contributed by atoms with E-state index in [9.17, 15) is 14.4 Å². The molecule has 7 nitrogen and oxygen atoms in total. The average molecular weight is 425 g/mol. The molecule has 9 heteroatoms. The van der Waals surface area contributed by atoms with Crippen molar-refractivity contribution >= 4 is 50.8 Å². The van der Waals surface area contributed by atoms with Gasteiger partial charge in [0, 0.05) is 23.2 Å². The van der Waals surface area contributed by atoms with Crippen molar-refractivity contribution < 1.29 is 23.9 Å². The number of morpholine rings is 1. The molecular formula is C19H21ClN2O5S. The number of carbonyl (C=O) groups is 3. The summed E-state index contributed by atoms with van der Waals surface area (Å²) in [6.45, 7) is 3.99. The predicted molar refractivity (Wildman–Crippen MR) is 107 cm³/mol. The first-order chi connectivity index (χ1) is 13.3. The summed E-state index contributed by atoms with van der Waals surface area (Å²) >= 11 is 7.50. The van der Waals surface area contributed by atoms with Gasteiger partial charge in [-0.1, -0.05) is 29.8 Å². The molecule has 150 valence electrons. The van der Waals surface area contributed by atoms with Crippen LogP contribution in [0.5, 0.6) is 0 Å². The van der Waals surface area contributed by atoms with Gasteiger partial charge >= 0.3 is 5.97 Å². The highest BCUT2D eigenvalue weighted by Crippen LogP contribution is 2.34. The van der Waals surface area contributed by atoms with Crippen LogP contribution < -0.4 is 5.32 Å². The number of nitrogens with one attached hydrogen (secondary N) is 1. The van der Waals surface area contributed by atoms with Crippen molar-refractivity contribution in [3.05, 3.63) is 34.2 Å². The Labute approximate surface area is 171 Å². The van der Waals surface area contributed by atoms with E-state index in [1.807, 2.05) is 38.1 Å². The number of ether oxygens (including phenoxy) is 2. The second-order valence-corrected chi connectivity index (χ2v) is 8.07. The number of thiophene rings is 1. The molecular weight excluding hydrogens is 404 g/mol. The molecule has 1 aromatic carbocycles. The van der Waals surface area contributed by atoms with Crippen LogP contribution in [0.1, 0.15) is 23.5 Å². The van der Waals surface area contributed by atoms with E-state index in [0.29, 0.717) is 23.0 Å². The molecule has 1 saturated heterocycles. The SMILES string of the molecule is CC1CN(C(=O)COC(=O)CNC(=O)c2sc3ccccc3c2Cl)CC(C)O1. The molecule has 28 heavy (non-hydrogen) atoms. The second kappa shape index (κ2) is 8.89. The van der Waals surface area contributed by atoms with Gasteiger partial charge in [-0.25, -0.2) is 0 Å². The van der Waals surface area contributed by atoms with Crippen LogP contribution in [0, 0.1) is 0 Å². The first-order valence-corrected chi connectivity index (χ1v) is 10.1. The fourth-order valence-electron chi connectivity index (χ4n) is 3.06. The summed E-state index contributed by atoms with van der Waals surface area (Å²) in [5.74, 6) is -1.42. The zero-order chi connectivity index (χ0) is 20.3. The predicted octanol–water partition coefficient (Wildman–Crippen LogP) is 2.46. The molecule has 1 aromatic heterocycles. The minimum absolute atomic E-state index is 0.0613. The number of nitrogens with zero attached hydrogens (tertiary/aromatic N) is 1. The number of esters is 1. The summed E-state index contributed by atoms with van der Waals surface area (Å²) < 4.78 is 11.4. The van der Waals surface area contributed by atoms with E-state index in [0.717, 1.165) is 10.1 Å². The zero-order valence-corrected chi connectivity index (χ0v) is 17.1. The van der Waals surface area contributed by atoms with E-state index >= 15 is 0 Å². The monoisotopic (exact) mass is 424 g/mol. The Morgan fingerprint density at radius 2 is 1.93 bits per heavy atom. The van der Waals surface area contributed by atoms with Crippen LogP contribution in [0.25, 0.3) is 10.1 Å². The van der Waals surface area contributed by atoms with Crippen molar-refractivity contribution in [2.24, 2.45) is 0 Å². The standard InChI is InChI=1S/C19H21ClN2O5S/c1-11-8-22(9-12(2)27-11)15(23)10-26-16(24)7-21-19(25)18-17(20)13-5-3-4-6-14(13)28-18/h3-6,11-12H,7-10H2,1-2H3,(H,21,25). The molecule has 3 rings (SSSR count). The zero-order valence-electron chi connectivity index (χ0n) is 15.6. The van der Waals surface area contributed by atoms with Crippen LogP contribution in [0.3, 0.4) is 0 Å². The molecule has 0 radical (unpaired) electrons. The van der Waals surface area contributed by atoms with E-state index in [2.05, 4.69) is 5.32 Å². The lowest BCUT2D eigenvalue weighted by atomic mass is 10.2. The van der Waals surface area contributed by atoms with Gasteiger partial charge in [0.15, 0.2) is 6.61 Å². The van der Waals surface area contributed by atoms with Gasteiger partial charge in [0.1, 0.15) is 11.4 Å².